The normalized spacial score (nSPS) is 14.7. The molecule has 11 heteroatoms. The van der Waals surface area contributed by atoms with Crippen molar-refractivity contribution in [2.24, 2.45) is 0 Å². The molecule has 1 fully saturated rings. The predicted molar refractivity (Wildman–Crippen MR) is 109 cm³/mol. The molecular weight excluding hydrogens is 433 g/mol. The van der Waals surface area contributed by atoms with Gasteiger partial charge < -0.3 is 4.98 Å². The Balaban J connectivity index is 1.50. The fraction of sp³-hybridized carbons (Fsp3) is 0.400. The molecule has 4 aromatic heterocycles. The Morgan fingerprint density at radius 1 is 1.23 bits per heavy atom. The van der Waals surface area contributed by atoms with Crippen molar-refractivity contribution in [1.29, 1.82) is 0 Å². The van der Waals surface area contributed by atoms with Gasteiger partial charge in [0.15, 0.2) is 5.65 Å². The van der Waals surface area contributed by atoms with E-state index in [1.54, 1.807) is 27.6 Å². The Kier molecular flexibility index (Phi) is 4.76. The molecular formula is C20H18ClF3N6O. The number of aryl methyl sites for hydroxylation is 1. The zero-order valence-electron chi connectivity index (χ0n) is 16.3. The van der Waals surface area contributed by atoms with Crippen molar-refractivity contribution >= 4 is 33.8 Å². The number of rotatable bonds is 6. The maximum Gasteiger partial charge on any atom is 0.389 e. The molecule has 0 atom stereocenters. The predicted octanol–water partition coefficient (Wildman–Crippen LogP) is 4.39. The van der Waals surface area contributed by atoms with Crippen LogP contribution in [-0.4, -0.2) is 35.2 Å². The lowest BCUT2D eigenvalue weighted by Crippen LogP contribution is -2.24. The lowest BCUT2D eigenvalue weighted by Gasteiger charge is -2.06. The monoisotopic (exact) mass is 450 g/mol. The molecule has 1 aliphatic carbocycles. The topological polar surface area (TPSA) is 81.4 Å². The van der Waals surface area contributed by atoms with Crippen LogP contribution in [0.1, 0.15) is 43.1 Å². The van der Waals surface area contributed by atoms with Gasteiger partial charge in [-0.3, -0.25) is 14.1 Å². The molecule has 7 nitrogen and oxygen atoms in total. The number of pyridine rings is 2. The van der Waals surface area contributed by atoms with Gasteiger partial charge in [-0.2, -0.15) is 13.2 Å². The van der Waals surface area contributed by atoms with Crippen LogP contribution >= 0.6 is 11.6 Å². The van der Waals surface area contributed by atoms with E-state index in [-0.39, 0.29) is 36.3 Å². The third kappa shape index (κ3) is 3.91. The third-order valence-corrected chi connectivity index (χ3v) is 5.65. The number of fused-ring (bicyclic) bond motifs is 2. The Hall–Kier alpha value is -2.88. The molecule has 4 heterocycles. The van der Waals surface area contributed by atoms with Crippen LogP contribution in [0, 0.1) is 0 Å². The summed E-state index contributed by atoms with van der Waals surface area (Å²) in [6, 6.07) is 3.58. The highest BCUT2D eigenvalue weighted by molar-refractivity contribution is 6.29. The minimum Gasteiger partial charge on any atom is -0.339 e. The van der Waals surface area contributed by atoms with E-state index >= 15 is 0 Å². The number of nitrogens with one attached hydrogen (secondary N) is 1. The minimum atomic E-state index is -4.21. The van der Waals surface area contributed by atoms with E-state index in [0.29, 0.717) is 28.1 Å². The fourth-order valence-corrected chi connectivity index (χ4v) is 4.14. The number of hydrogen-bond donors (Lipinski definition) is 1. The van der Waals surface area contributed by atoms with Crippen LogP contribution in [0.3, 0.4) is 0 Å². The fourth-order valence-electron chi connectivity index (χ4n) is 3.93. The van der Waals surface area contributed by atoms with E-state index < -0.39 is 12.6 Å². The molecule has 0 radical (unpaired) electrons. The van der Waals surface area contributed by atoms with Gasteiger partial charge in [0.1, 0.15) is 11.0 Å². The maximum atomic E-state index is 13.1. The van der Waals surface area contributed by atoms with E-state index in [4.69, 9.17) is 11.6 Å². The van der Waals surface area contributed by atoms with Gasteiger partial charge >= 0.3 is 11.9 Å². The molecule has 4 aromatic rings. The van der Waals surface area contributed by atoms with E-state index in [9.17, 15) is 18.0 Å². The zero-order chi connectivity index (χ0) is 21.8. The van der Waals surface area contributed by atoms with E-state index in [1.165, 1.54) is 0 Å². The van der Waals surface area contributed by atoms with Gasteiger partial charge in [-0.25, -0.2) is 14.8 Å². The van der Waals surface area contributed by atoms with Gasteiger partial charge in [0.05, 0.1) is 29.3 Å². The molecule has 0 spiro atoms. The van der Waals surface area contributed by atoms with E-state index in [2.05, 4.69) is 19.9 Å². The van der Waals surface area contributed by atoms with Crippen LogP contribution in [0.5, 0.6) is 0 Å². The number of nitrogens with zero attached hydrogens (tertiary/aromatic N) is 5. The zero-order valence-corrected chi connectivity index (χ0v) is 17.0. The number of imidazole rings is 2. The lowest BCUT2D eigenvalue weighted by molar-refractivity contribution is -0.135. The first kappa shape index (κ1) is 20.0. The van der Waals surface area contributed by atoms with Gasteiger partial charge in [-0.15, -0.1) is 0 Å². The van der Waals surface area contributed by atoms with Crippen LogP contribution in [0.2, 0.25) is 5.15 Å². The van der Waals surface area contributed by atoms with Crippen LogP contribution in [0.4, 0.5) is 13.2 Å². The smallest absolute Gasteiger partial charge is 0.339 e. The van der Waals surface area contributed by atoms with Crippen LogP contribution in [0.15, 0.2) is 29.3 Å². The standard InChI is InChI=1S/C20H18ClF3N6O/c21-15-8-11(2-1-6-20(22,23)24)17-18(26-15)28-16(27-17)10-29-14-9-25-7-5-13(14)30(19(29)31)12-3-4-12/h5,7-9,12H,1-4,6,10H2,(H,26,27,28). The summed E-state index contributed by atoms with van der Waals surface area (Å²) in [6.07, 6.45) is 0.281. The number of aromatic nitrogens is 6. The summed E-state index contributed by atoms with van der Waals surface area (Å²) in [7, 11) is 0. The van der Waals surface area contributed by atoms with Crippen molar-refractivity contribution in [3.05, 3.63) is 51.6 Å². The highest BCUT2D eigenvalue weighted by Crippen LogP contribution is 2.36. The average Bonchev–Trinajstić information content (AvgIpc) is 3.38. The SMILES string of the molecule is O=c1n(Cc2nc3nc(Cl)cc(CCCC(F)(F)F)c3[nH]2)c2cnccc2n1C1CC1. The summed E-state index contributed by atoms with van der Waals surface area (Å²) in [5.41, 5.74) is 2.87. The number of H-pyrrole nitrogens is 1. The molecule has 0 bridgehead atoms. The maximum absolute atomic E-state index is 13.1. The molecule has 162 valence electrons. The molecule has 0 saturated heterocycles. The minimum absolute atomic E-state index is 0.0622. The average molecular weight is 451 g/mol. The number of aromatic amines is 1. The molecule has 0 unspecified atom stereocenters. The summed E-state index contributed by atoms with van der Waals surface area (Å²) >= 11 is 6.06. The molecule has 5 rings (SSSR count). The van der Waals surface area contributed by atoms with Gasteiger partial charge in [-0.1, -0.05) is 11.6 Å². The second-order valence-corrected chi connectivity index (χ2v) is 8.18. The summed E-state index contributed by atoms with van der Waals surface area (Å²) in [5, 5.41) is 0.166. The third-order valence-electron chi connectivity index (χ3n) is 5.45. The van der Waals surface area contributed by atoms with Gasteiger partial charge in [0.2, 0.25) is 0 Å². The summed E-state index contributed by atoms with van der Waals surface area (Å²) in [6.45, 7) is 0.163. The highest BCUT2D eigenvalue weighted by Gasteiger charge is 2.29. The second-order valence-electron chi connectivity index (χ2n) is 7.79. The number of alkyl halides is 3. The molecule has 1 N–H and O–H groups in total. The molecule has 0 aliphatic heterocycles. The lowest BCUT2D eigenvalue weighted by atomic mass is 10.1. The van der Waals surface area contributed by atoms with Crippen molar-refractivity contribution in [2.45, 2.75) is 50.9 Å². The summed E-state index contributed by atoms with van der Waals surface area (Å²) < 4.78 is 41.0. The van der Waals surface area contributed by atoms with E-state index in [0.717, 1.165) is 18.4 Å². The Morgan fingerprint density at radius 3 is 2.77 bits per heavy atom. The van der Waals surface area contributed by atoms with Crippen molar-refractivity contribution in [1.82, 2.24) is 29.1 Å². The molecule has 1 saturated carbocycles. The molecule has 0 aromatic carbocycles. The van der Waals surface area contributed by atoms with Crippen molar-refractivity contribution in [3.8, 4) is 0 Å². The first-order chi connectivity index (χ1) is 14.8. The quantitative estimate of drug-likeness (QED) is 0.442. The molecule has 31 heavy (non-hydrogen) atoms. The van der Waals surface area contributed by atoms with Crippen LogP contribution < -0.4 is 5.69 Å². The van der Waals surface area contributed by atoms with Crippen molar-refractivity contribution < 1.29 is 13.2 Å². The first-order valence-corrected chi connectivity index (χ1v) is 10.3. The van der Waals surface area contributed by atoms with Crippen molar-refractivity contribution in [2.75, 3.05) is 0 Å². The Bertz CT molecular complexity index is 1330. The Labute approximate surface area is 178 Å². The second kappa shape index (κ2) is 7.37. The van der Waals surface area contributed by atoms with Gasteiger partial charge in [0, 0.05) is 18.7 Å². The van der Waals surface area contributed by atoms with Crippen LogP contribution in [0.25, 0.3) is 22.2 Å². The largest absolute Gasteiger partial charge is 0.389 e. The van der Waals surface area contributed by atoms with Crippen LogP contribution in [-0.2, 0) is 13.0 Å². The Morgan fingerprint density at radius 2 is 2.03 bits per heavy atom. The van der Waals surface area contributed by atoms with Gasteiger partial charge in [0.25, 0.3) is 0 Å². The first-order valence-electron chi connectivity index (χ1n) is 9.95. The van der Waals surface area contributed by atoms with E-state index in [1.807, 2.05) is 6.07 Å². The van der Waals surface area contributed by atoms with Crippen molar-refractivity contribution in [3.63, 3.8) is 0 Å². The molecule has 0 amide bonds. The van der Waals surface area contributed by atoms with Gasteiger partial charge in [-0.05, 0) is 43.4 Å². The summed E-state index contributed by atoms with van der Waals surface area (Å²) in [5.74, 6) is 0.475. The number of halogens is 4. The summed E-state index contributed by atoms with van der Waals surface area (Å²) in [4.78, 5) is 29.0. The number of hydrogen-bond acceptors (Lipinski definition) is 4. The highest BCUT2D eigenvalue weighted by atomic mass is 35.5. The molecule has 1 aliphatic rings.